The molecule has 2 amide bonds. The highest BCUT2D eigenvalue weighted by Crippen LogP contribution is 2.02. The molecule has 9 heteroatoms. The number of carbonyl (C=O) groups excluding carboxylic acids is 2. The lowest BCUT2D eigenvalue weighted by atomic mass is 10.1. The summed E-state index contributed by atoms with van der Waals surface area (Å²) in [6.07, 6.45) is 4.02. The second kappa shape index (κ2) is 12.1. The number of thioether (sulfide) groups is 1. The lowest BCUT2D eigenvalue weighted by Crippen LogP contribution is -2.53. The number of carboxylic acid groups (broad SMARTS) is 1. The molecule has 0 rings (SSSR count). The van der Waals surface area contributed by atoms with Gasteiger partial charge in [-0.3, -0.25) is 9.59 Å². The molecule has 0 aliphatic carbocycles. The van der Waals surface area contributed by atoms with E-state index in [-0.39, 0.29) is 0 Å². The molecule has 0 aromatic rings. The average Bonchev–Trinajstić information content (AvgIpc) is 2.51. The first-order chi connectivity index (χ1) is 10.8. The number of hydrogen-bond donors (Lipinski definition) is 5. The topological polar surface area (TPSA) is 148 Å². The minimum Gasteiger partial charge on any atom is -0.480 e. The number of carbonyl (C=O) groups is 3. The van der Waals surface area contributed by atoms with Gasteiger partial charge in [0.25, 0.3) is 0 Å². The van der Waals surface area contributed by atoms with E-state index in [2.05, 4.69) is 10.6 Å². The van der Waals surface area contributed by atoms with Crippen molar-refractivity contribution in [3.8, 4) is 0 Å². The first-order valence-electron chi connectivity index (χ1n) is 7.61. The van der Waals surface area contributed by atoms with Gasteiger partial charge >= 0.3 is 5.97 Å². The number of rotatable bonds is 12. The van der Waals surface area contributed by atoms with E-state index in [0.29, 0.717) is 32.2 Å². The zero-order valence-corrected chi connectivity index (χ0v) is 14.5. The van der Waals surface area contributed by atoms with Crippen molar-refractivity contribution in [1.82, 2.24) is 10.6 Å². The molecule has 0 aliphatic rings. The maximum atomic E-state index is 12.0. The Morgan fingerprint density at radius 3 is 2.30 bits per heavy atom. The molecule has 7 N–H and O–H groups in total. The third-order valence-corrected chi connectivity index (χ3v) is 3.93. The Morgan fingerprint density at radius 2 is 1.78 bits per heavy atom. The van der Waals surface area contributed by atoms with Crippen LogP contribution in [0, 0.1) is 0 Å². The van der Waals surface area contributed by atoms with Gasteiger partial charge in [-0.25, -0.2) is 4.79 Å². The van der Waals surface area contributed by atoms with Gasteiger partial charge in [-0.05, 0) is 51.2 Å². The molecular weight excluding hydrogens is 320 g/mol. The molecule has 0 aromatic carbocycles. The van der Waals surface area contributed by atoms with Crippen molar-refractivity contribution in [3.05, 3.63) is 0 Å². The van der Waals surface area contributed by atoms with Crippen LogP contribution in [0.15, 0.2) is 0 Å². The molecule has 0 unspecified atom stereocenters. The molecule has 0 aromatic heterocycles. The predicted octanol–water partition coefficient (Wildman–Crippen LogP) is -0.730. The summed E-state index contributed by atoms with van der Waals surface area (Å²) in [7, 11) is 0. The van der Waals surface area contributed by atoms with E-state index in [1.807, 2.05) is 6.26 Å². The van der Waals surface area contributed by atoms with Crippen LogP contribution in [-0.2, 0) is 14.4 Å². The van der Waals surface area contributed by atoms with Gasteiger partial charge in [-0.2, -0.15) is 11.8 Å². The summed E-state index contributed by atoms with van der Waals surface area (Å²) >= 11 is 1.58. The van der Waals surface area contributed by atoms with E-state index < -0.39 is 35.9 Å². The average molecular weight is 348 g/mol. The van der Waals surface area contributed by atoms with Crippen molar-refractivity contribution in [1.29, 1.82) is 0 Å². The van der Waals surface area contributed by atoms with E-state index in [0.717, 1.165) is 5.75 Å². The number of unbranched alkanes of at least 4 members (excludes halogenated alkanes) is 1. The molecule has 8 nitrogen and oxygen atoms in total. The van der Waals surface area contributed by atoms with Crippen LogP contribution in [0.5, 0.6) is 0 Å². The first kappa shape index (κ1) is 21.7. The monoisotopic (exact) mass is 348 g/mol. The second-order valence-corrected chi connectivity index (χ2v) is 6.29. The third-order valence-electron chi connectivity index (χ3n) is 3.28. The van der Waals surface area contributed by atoms with Crippen molar-refractivity contribution >= 4 is 29.5 Å². The second-order valence-electron chi connectivity index (χ2n) is 5.30. The highest BCUT2D eigenvalue weighted by Gasteiger charge is 2.24. The maximum absolute atomic E-state index is 12.0. The van der Waals surface area contributed by atoms with Gasteiger partial charge in [0.2, 0.25) is 11.8 Å². The van der Waals surface area contributed by atoms with Crippen molar-refractivity contribution in [3.63, 3.8) is 0 Å². The number of amides is 2. The Hall–Kier alpha value is -1.32. The minimum atomic E-state index is -1.11. The van der Waals surface area contributed by atoms with Gasteiger partial charge in [-0.1, -0.05) is 0 Å². The molecule has 0 saturated carbocycles. The van der Waals surface area contributed by atoms with Crippen molar-refractivity contribution in [2.45, 2.75) is 50.7 Å². The van der Waals surface area contributed by atoms with Crippen LogP contribution in [0.25, 0.3) is 0 Å². The number of carboxylic acids is 1. The molecular formula is C14H28N4O4S. The molecule has 0 aliphatic heterocycles. The van der Waals surface area contributed by atoms with E-state index in [4.69, 9.17) is 16.6 Å². The molecule has 0 spiro atoms. The van der Waals surface area contributed by atoms with E-state index >= 15 is 0 Å². The fourth-order valence-corrected chi connectivity index (χ4v) is 2.30. The Kier molecular flexibility index (Phi) is 11.4. The fourth-order valence-electron chi connectivity index (χ4n) is 1.81. The van der Waals surface area contributed by atoms with Gasteiger partial charge in [0.05, 0.1) is 6.04 Å². The Balaban J connectivity index is 4.39. The largest absolute Gasteiger partial charge is 0.480 e. The van der Waals surface area contributed by atoms with Crippen LogP contribution < -0.4 is 22.1 Å². The molecule has 3 atom stereocenters. The van der Waals surface area contributed by atoms with E-state index in [1.54, 1.807) is 11.8 Å². The smallest absolute Gasteiger partial charge is 0.326 e. The summed E-state index contributed by atoms with van der Waals surface area (Å²) in [6, 6.07) is -2.52. The zero-order chi connectivity index (χ0) is 17.8. The molecule has 0 radical (unpaired) electrons. The number of hydrogen-bond acceptors (Lipinski definition) is 6. The molecule has 23 heavy (non-hydrogen) atoms. The van der Waals surface area contributed by atoms with Gasteiger partial charge in [0.1, 0.15) is 12.1 Å². The highest BCUT2D eigenvalue weighted by atomic mass is 32.2. The molecule has 0 heterocycles. The summed E-state index contributed by atoms with van der Waals surface area (Å²) < 4.78 is 0. The summed E-state index contributed by atoms with van der Waals surface area (Å²) in [6.45, 7) is 1.97. The zero-order valence-electron chi connectivity index (χ0n) is 13.7. The third kappa shape index (κ3) is 9.42. The van der Waals surface area contributed by atoms with Crippen LogP contribution in [0.1, 0.15) is 32.6 Å². The highest BCUT2D eigenvalue weighted by molar-refractivity contribution is 7.98. The minimum absolute atomic E-state index is 0.298. The van der Waals surface area contributed by atoms with Gasteiger partial charge < -0.3 is 27.2 Å². The van der Waals surface area contributed by atoms with Crippen molar-refractivity contribution < 1.29 is 19.5 Å². The lowest BCUT2D eigenvalue weighted by molar-refractivity contribution is -0.142. The van der Waals surface area contributed by atoms with Gasteiger partial charge in [-0.15, -0.1) is 0 Å². The standard InChI is InChI=1S/C14H28N4O4S/c1-9(17-13(20)10(16)6-8-23-2)12(19)18-11(14(21)22)5-3-4-7-15/h9-11H,3-8,15-16H2,1-2H3,(H,17,20)(H,18,19)(H,21,22)/t9-,10-,11-/m0/s1. The Labute approximate surface area is 141 Å². The summed E-state index contributed by atoms with van der Waals surface area (Å²) in [5, 5.41) is 14.0. The number of nitrogens with one attached hydrogen (secondary N) is 2. The molecule has 0 fully saturated rings. The molecule has 0 saturated heterocycles. The first-order valence-corrected chi connectivity index (χ1v) is 9.01. The molecule has 134 valence electrons. The van der Waals surface area contributed by atoms with Crippen LogP contribution in [0.3, 0.4) is 0 Å². The van der Waals surface area contributed by atoms with Gasteiger partial charge in [0.15, 0.2) is 0 Å². The Morgan fingerprint density at radius 1 is 1.13 bits per heavy atom. The lowest BCUT2D eigenvalue weighted by Gasteiger charge is -2.20. The summed E-state index contributed by atoms with van der Waals surface area (Å²) in [5.41, 5.74) is 11.1. The fraction of sp³-hybridized carbons (Fsp3) is 0.786. The van der Waals surface area contributed by atoms with Crippen LogP contribution in [0.4, 0.5) is 0 Å². The Bertz CT molecular complexity index is 395. The number of nitrogens with two attached hydrogens (primary N) is 2. The SMILES string of the molecule is CSCC[C@H](N)C(=O)N[C@@H](C)C(=O)N[C@@H](CCCCN)C(=O)O. The molecule has 0 bridgehead atoms. The summed E-state index contributed by atoms with van der Waals surface area (Å²) in [5.74, 6) is -1.32. The van der Waals surface area contributed by atoms with E-state index in [1.165, 1.54) is 6.92 Å². The van der Waals surface area contributed by atoms with Crippen LogP contribution in [0.2, 0.25) is 0 Å². The van der Waals surface area contributed by atoms with Gasteiger partial charge in [0, 0.05) is 0 Å². The van der Waals surface area contributed by atoms with E-state index in [9.17, 15) is 14.4 Å². The van der Waals surface area contributed by atoms with Crippen molar-refractivity contribution in [2.75, 3.05) is 18.6 Å². The van der Waals surface area contributed by atoms with Crippen LogP contribution in [-0.4, -0.2) is 59.6 Å². The van der Waals surface area contributed by atoms with Crippen LogP contribution >= 0.6 is 11.8 Å². The quantitative estimate of drug-likeness (QED) is 0.292. The van der Waals surface area contributed by atoms with Crippen molar-refractivity contribution in [2.24, 2.45) is 11.5 Å². The number of aliphatic carboxylic acids is 1. The normalized spacial score (nSPS) is 14.6. The maximum Gasteiger partial charge on any atom is 0.326 e. The summed E-state index contributed by atoms with van der Waals surface area (Å²) in [4.78, 5) is 35.0. The predicted molar refractivity (Wildman–Crippen MR) is 91.1 cm³/mol.